The van der Waals surface area contributed by atoms with Crippen molar-refractivity contribution >= 4 is 5.91 Å². The van der Waals surface area contributed by atoms with E-state index in [0.717, 1.165) is 12.8 Å². The monoisotopic (exact) mass is 270 g/mol. The third kappa shape index (κ3) is 1.69. The second-order valence-electron chi connectivity index (χ2n) is 7.08. The van der Waals surface area contributed by atoms with Crippen LogP contribution in [0.5, 0.6) is 0 Å². The summed E-state index contributed by atoms with van der Waals surface area (Å²) in [5.41, 5.74) is 3.59. The van der Waals surface area contributed by atoms with E-state index in [4.69, 9.17) is 0 Å². The fourth-order valence-electron chi connectivity index (χ4n) is 3.26. The molecular weight excluding hydrogens is 248 g/mol. The molecule has 1 aliphatic heterocycles. The molecule has 1 spiro atoms. The zero-order chi connectivity index (χ0) is 14.7. The molecule has 20 heavy (non-hydrogen) atoms. The lowest BCUT2D eigenvalue weighted by atomic mass is 9.85. The largest absolute Gasteiger partial charge is 0.346 e. The van der Waals surface area contributed by atoms with Crippen molar-refractivity contribution in [2.45, 2.75) is 44.6 Å². The highest BCUT2D eigenvalue weighted by Crippen LogP contribution is 2.40. The number of nitrogens with one attached hydrogen (secondary N) is 1. The first-order valence-electron chi connectivity index (χ1n) is 7.10. The number of amides is 1. The van der Waals surface area contributed by atoms with Gasteiger partial charge >= 0.3 is 0 Å². The number of rotatable bonds is 0. The van der Waals surface area contributed by atoms with Crippen LogP contribution in [-0.4, -0.2) is 23.4 Å². The Balaban J connectivity index is 2.01. The Labute approximate surface area is 120 Å². The summed E-state index contributed by atoms with van der Waals surface area (Å²) in [5, 5.41) is 2.87. The molecule has 1 fully saturated rings. The highest BCUT2D eigenvalue weighted by molar-refractivity contribution is 5.92. The summed E-state index contributed by atoms with van der Waals surface area (Å²) in [5.74, 6) is 0.789. The van der Waals surface area contributed by atoms with Crippen molar-refractivity contribution in [3.8, 4) is 0 Å². The molecule has 0 saturated carbocycles. The van der Waals surface area contributed by atoms with E-state index in [1.165, 1.54) is 16.7 Å². The van der Waals surface area contributed by atoms with Gasteiger partial charge in [0, 0.05) is 19.9 Å². The van der Waals surface area contributed by atoms with Crippen molar-refractivity contribution in [1.82, 2.24) is 10.2 Å². The van der Waals surface area contributed by atoms with Gasteiger partial charge in [-0.3, -0.25) is 4.79 Å². The van der Waals surface area contributed by atoms with Gasteiger partial charge in [-0.15, -0.1) is 0 Å². The number of nitrogens with zero attached hydrogens (tertiary/aromatic N) is 1. The summed E-state index contributed by atoms with van der Waals surface area (Å²) >= 11 is 0. The van der Waals surface area contributed by atoms with Crippen molar-refractivity contribution < 1.29 is 4.79 Å². The van der Waals surface area contributed by atoms with Crippen molar-refractivity contribution in [2.75, 3.05) is 7.05 Å². The second kappa shape index (κ2) is 3.87. The first kappa shape index (κ1) is 13.2. The van der Waals surface area contributed by atoms with Crippen LogP contribution < -0.4 is 5.32 Å². The van der Waals surface area contributed by atoms with E-state index in [2.05, 4.69) is 50.9 Å². The van der Waals surface area contributed by atoms with E-state index in [9.17, 15) is 4.79 Å². The molecule has 1 aromatic rings. The van der Waals surface area contributed by atoms with E-state index in [0.29, 0.717) is 5.82 Å². The number of benzene rings is 1. The molecular formula is C17H22N2O. The predicted molar refractivity (Wildman–Crippen MR) is 80.3 cm³/mol. The zero-order valence-corrected chi connectivity index (χ0v) is 12.7. The average molecular weight is 270 g/mol. The molecule has 2 aliphatic rings. The molecule has 3 heteroatoms. The third-order valence-electron chi connectivity index (χ3n) is 4.77. The molecule has 0 aromatic heterocycles. The van der Waals surface area contributed by atoms with Gasteiger partial charge in [-0.2, -0.15) is 0 Å². The van der Waals surface area contributed by atoms with Gasteiger partial charge in [-0.25, -0.2) is 0 Å². The van der Waals surface area contributed by atoms with Crippen LogP contribution in [0.1, 0.15) is 37.5 Å². The first-order valence-corrected chi connectivity index (χ1v) is 7.10. The van der Waals surface area contributed by atoms with Crippen LogP contribution in [-0.2, 0) is 23.1 Å². The lowest BCUT2D eigenvalue weighted by molar-refractivity contribution is -0.125. The molecule has 3 nitrogen and oxygen atoms in total. The van der Waals surface area contributed by atoms with Crippen molar-refractivity contribution in [3.63, 3.8) is 0 Å². The lowest BCUT2D eigenvalue weighted by Gasteiger charge is -2.29. The van der Waals surface area contributed by atoms with Gasteiger partial charge in [-0.1, -0.05) is 45.5 Å². The summed E-state index contributed by atoms with van der Waals surface area (Å²) in [6.45, 7) is 10.6. The highest BCUT2D eigenvalue weighted by atomic mass is 16.2. The summed E-state index contributed by atoms with van der Waals surface area (Å²) in [4.78, 5) is 14.4. The van der Waals surface area contributed by atoms with Gasteiger partial charge in [0.15, 0.2) is 0 Å². The van der Waals surface area contributed by atoms with Crippen LogP contribution in [0, 0.1) is 0 Å². The second-order valence-corrected chi connectivity index (χ2v) is 7.08. The van der Waals surface area contributed by atoms with Crippen LogP contribution in [0.2, 0.25) is 0 Å². The fourth-order valence-corrected chi connectivity index (χ4v) is 3.26. The molecule has 1 unspecified atom stereocenters. The van der Waals surface area contributed by atoms with Gasteiger partial charge in [0.2, 0.25) is 0 Å². The van der Waals surface area contributed by atoms with Crippen molar-refractivity contribution in [1.29, 1.82) is 0 Å². The molecule has 1 atom stereocenters. The standard InChI is InChI=1S/C17H22N2O/c1-11-18-15(20)17(19(11)5)9-12-6-7-14(16(2,3)4)8-13(12)10-17/h6-8H,1,9-10H2,2-5H3,(H,18,20). The van der Waals surface area contributed by atoms with Crippen LogP contribution in [0.15, 0.2) is 30.6 Å². The molecule has 1 saturated heterocycles. The van der Waals surface area contributed by atoms with E-state index in [-0.39, 0.29) is 11.3 Å². The summed E-state index contributed by atoms with van der Waals surface area (Å²) in [6, 6.07) is 6.65. The maximum atomic E-state index is 12.4. The number of likely N-dealkylation sites (N-methyl/N-ethyl adjacent to an activating group) is 1. The van der Waals surface area contributed by atoms with E-state index >= 15 is 0 Å². The SMILES string of the molecule is C=C1NC(=O)C2(Cc3ccc(C(C)(C)C)cc3C2)N1C. The molecule has 1 heterocycles. The van der Waals surface area contributed by atoms with Gasteiger partial charge < -0.3 is 10.2 Å². The topological polar surface area (TPSA) is 32.3 Å². The molecule has 1 aromatic carbocycles. The maximum Gasteiger partial charge on any atom is 0.252 e. The first-order chi connectivity index (χ1) is 9.24. The third-order valence-corrected chi connectivity index (χ3v) is 4.77. The molecule has 106 valence electrons. The molecule has 0 bridgehead atoms. The van der Waals surface area contributed by atoms with Gasteiger partial charge in [0.1, 0.15) is 11.4 Å². The lowest BCUT2D eigenvalue weighted by Crippen LogP contribution is -2.47. The minimum absolute atomic E-state index is 0.0820. The quantitative estimate of drug-likeness (QED) is 0.785. The minimum atomic E-state index is -0.462. The van der Waals surface area contributed by atoms with Gasteiger partial charge in [-0.05, 0) is 22.1 Å². The van der Waals surface area contributed by atoms with Gasteiger partial charge in [0.25, 0.3) is 5.91 Å². The minimum Gasteiger partial charge on any atom is -0.346 e. The van der Waals surface area contributed by atoms with Crippen molar-refractivity contribution in [3.05, 3.63) is 47.3 Å². The number of hydrogen-bond acceptors (Lipinski definition) is 2. The maximum absolute atomic E-state index is 12.4. The smallest absolute Gasteiger partial charge is 0.252 e. The Morgan fingerprint density at radius 2 is 1.90 bits per heavy atom. The summed E-state index contributed by atoms with van der Waals surface area (Å²) < 4.78 is 0. The van der Waals surface area contributed by atoms with E-state index < -0.39 is 5.54 Å². The Morgan fingerprint density at radius 1 is 1.25 bits per heavy atom. The number of hydrogen-bond donors (Lipinski definition) is 1. The Kier molecular flexibility index (Phi) is 2.56. The average Bonchev–Trinajstić information content (AvgIpc) is 2.83. The number of carbonyl (C=O) groups is 1. The van der Waals surface area contributed by atoms with Gasteiger partial charge in [0.05, 0.1) is 0 Å². The Bertz CT molecular complexity index is 612. The fraction of sp³-hybridized carbons (Fsp3) is 0.471. The molecule has 0 radical (unpaired) electrons. The van der Waals surface area contributed by atoms with E-state index in [1.807, 2.05) is 11.9 Å². The normalized spacial score (nSPS) is 25.3. The molecule has 3 rings (SSSR count). The van der Waals surface area contributed by atoms with Crippen LogP contribution in [0.25, 0.3) is 0 Å². The van der Waals surface area contributed by atoms with Crippen LogP contribution >= 0.6 is 0 Å². The molecule has 1 amide bonds. The van der Waals surface area contributed by atoms with Crippen LogP contribution in [0.3, 0.4) is 0 Å². The molecule has 1 N–H and O–H groups in total. The number of fused-ring (bicyclic) bond motifs is 1. The summed E-state index contributed by atoms with van der Waals surface area (Å²) in [7, 11) is 1.96. The Hall–Kier alpha value is -1.77. The predicted octanol–water partition coefficient (Wildman–Crippen LogP) is 2.35. The summed E-state index contributed by atoms with van der Waals surface area (Å²) in [6.07, 6.45) is 1.54. The highest BCUT2D eigenvalue weighted by Gasteiger charge is 2.52. The number of carbonyl (C=O) groups excluding carboxylic acids is 1. The van der Waals surface area contributed by atoms with Crippen LogP contribution in [0.4, 0.5) is 0 Å². The molecule has 1 aliphatic carbocycles. The van der Waals surface area contributed by atoms with E-state index in [1.54, 1.807) is 0 Å². The van der Waals surface area contributed by atoms with Crippen molar-refractivity contribution in [2.24, 2.45) is 0 Å². The zero-order valence-electron chi connectivity index (χ0n) is 12.7. The Morgan fingerprint density at radius 3 is 2.45 bits per heavy atom.